The van der Waals surface area contributed by atoms with Crippen molar-refractivity contribution in [1.82, 2.24) is 9.80 Å². The molecule has 0 saturated carbocycles. The van der Waals surface area contributed by atoms with Gasteiger partial charge in [0, 0.05) is 19.2 Å². The first-order valence-electron chi connectivity index (χ1n) is 7.88. The average molecular weight is 318 g/mol. The number of methoxy groups -OCH3 is 2. The number of rotatable bonds is 4. The van der Waals surface area contributed by atoms with E-state index in [1.165, 1.54) is 0 Å². The van der Waals surface area contributed by atoms with Crippen LogP contribution in [0.4, 0.5) is 0 Å². The summed E-state index contributed by atoms with van der Waals surface area (Å²) in [5.41, 5.74) is 0.889. The number of amides is 2. The minimum absolute atomic E-state index is 0.0383. The van der Waals surface area contributed by atoms with E-state index in [-0.39, 0.29) is 17.9 Å². The maximum atomic E-state index is 12.7. The van der Waals surface area contributed by atoms with E-state index in [1.807, 2.05) is 12.1 Å². The number of carbonyl (C=O) groups is 2. The van der Waals surface area contributed by atoms with Crippen LogP contribution in [0, 0.1) is 0 Å². The van der Waals surface area contributed by atoms with E-state index in [0.29, 0.717) is 24.6 Å². The lowest BCUT2D eigenvalue weighted by Crippen LogP contribution is -2.61. The Hall–Kier alpha value is -2.24. The summed E-state index contributed by atoms with van der Waals surface area (Å²) in [5, 5.41) is 0. The van der Waals surface area contributed by atoms with Gasteiger partial charge in [-0.2, -0.15) is 0 Å². The fraction of sp³-hybridized carbons (Fsp3) is 0.529. The van der Waals surface area contributed by atoms with Crippen LogP contribution >= 0.6 is 0 Å². The lowest BCUT2D eigenvalue weighted by molar-refractivity contribution is -0.159. The van der Waals surface area contributed by atoms with Crippen LogP contribution in [-0.4, -0.2) is 54.5 Å². The third-order valence-electron chi connectivity index (χ3n) is 4.69. The Kier molecular flexibility index (Phi) is 4.15. The van der Waals surface area contributed by atoms with Gasteiger partial charge in [-0.25, -0.2) is 0 Å². The molecule has 6 nitrogen and oxygen atoms in total. The summed E-state index contributed by atoms with van der Waals surface area (Å²) in [6.45, 7) is 2.87. The molecule has 2 amide bonds. The summed E-state index contributed by atoms with van der Waals surface area (Å²) >= 11 is 0. The average Bonchev–Trinajstić information content (AvgIpc) is 3.06. The molecule has 0 aromatic heterocycles. The van der Waals surface area contributed by atoms with Crippen LogP contribution in [0.25, 0.3) is 0 Å². The second-order valence-corrected chi connectivity index (χ2v) is 6.05. The van der Waals surface area contributed by atoms with Crippen LogP contribution in [-0.2, 0) is 16.1 Å². The van der Waals surface area contributed by atoms with Crippen molar-refractivity contribution in [2.45, 2.75) is 38.4 Å². The Morgan fingerprint density at radius 1 is 1.09 bits per heavy atom. The molecular weight excluding hydrogens is 296 g/mol. The van der Waals surface area contributed by atoms with Gasteiger partial charge in [0.2, 0.25) is 11.8 Å². The van der Waals surface area contributed by atoms with Crippen LogP contribution in [0.5, 0.6) is 11.5 Å². The fourth-order valence-electron chi connectivity index (χ4n) is 3.41. The van der Waals surface area contributed by atoms with Gasteiger partial charge in [0.15, 0.2) is 0 Å². The molecule has 3 rings (SSSR count). The highest BCUT2D eigenvalue weighted by atomic mass is 16.5. The molecule has 0 aliphatic carbocycles. The maximum Gasteiger partial charge on any atom is 0.246 e. The van der Waals surface area contributed by atoms with Crippen molar-refractivity contribution in [3.63, 3.8) is 0 Å². The summed E-state index contributed by atoms with van der Waals surface area (Å²) in [6.07, 6.45) is 1.66. The van der Waals surface area contributed by atoms with Gasteiger partial charge in [-0.1, -0.05) is 0 Å². The van der Waals surface area contributed by atoms with E-state index in [4.69, 9.17) is 9.47 Å². The Bertz CT molecular complexity index is 609. The van der Waals surface area contributed by atoms with E-state index >= 15 is 0 Å². The van der Waals surface area contributed by atoms with Crippen molar-refractivity contribution in [1.29, 1.82) is 0 Å². The maximum absolute atomic E-state index is 12.7. The smallest absolute Gasteiger partial charge is 0.246 e. The molecule has 2 aliphatic heterocycles. The number of nitrogens with zero attached hydrogens (tertiary/aromatic N) is 2. The zero-order chi connectivity index (χ0) is 16.6. The van der Waals surface area contributed by atoms with Crippen molar-refractivity contribution in [3.8, 4) is 11.5 Å². The predicted octanol–water partition coefficient (Wildman–Crippen LogP) is 1.43. The summed E-state index contributed by atoms with van der Waals surface area (Å²) in [6, 6.07) is 4.80. The summed E-state index contributed by atoms with van der Waals surface area (Å²) in [7, 11) is 3.18. The van der Waals surface area contributed by atoms with Gasteiger partial charge in [-0.3, -0.25) is 9.59 Å². The normalized spacial score (nSPS) is 24.0. The van der Waals surface area contributed by atoms with Crippen molar-refractivity contribution >= 4 is 11.8 Å². The zero-order valence-electron chi connectivity index (χ0n) is 13.7. The van der Waals surface area contributed by atoms with Crippen molar-refractivity contribution < 1.29 is 19.1 Å². The molecule has 23 heavy (non-hydrogen) atoms. The third-order valence-corrected chi connectivity index (χ3v) is 4.69. The summed E-state index contributed by atoms with van der Waals surface area (Å²) < 4.78 is 10.5. The van der Waals surface area contributed by atoms with Crippen molar-refractivity contribution in [3.05, 3.63) is 23.8 Å². The van der Waals surface area contributed by atoms with Crippen molar-refractivity contribution in [2.24, 2.45) is 0 Å². The summed E-state index contributed by atoms with van der Waals surface area (Å²) in [5.74, 6) is 1.42. The molecular formula is C17H22N2O4. The molecule has 0 bridgehead atoms. The van der Waals surface area contributed by atoms with E-state index < -0.39 is 6.04 Å². The van der Waals surface area contributed by atoms with Gasteiger partial charge in [-0.05, 0) is 37.5 Å². The van der Waals surface area contributed by atoms with Crippen LogP contribution in [0.15, 0.2) is 18.2 Å². The minimum atomic E-state index is -0.436. The number of fused-ring (bicyclic) bond motifs is 1. The number of benzene rings is 1. The lowest BCUT2D eigenvalue weighted by atomic mass is 10.0. The van der Waals surface area contributed by atoms with Crippen LogP contribution in [0.3, 0.4) is 0 Å². The highest BCUT2D eigenvalue weighted by molar-refractivity contribution is 5.97. The monoisotopic (exact) mass is 318 g/mol. The quantitative estimate of drug-likeness (QED) is 0.842. The topological polar surface area (TPSA) is 59.1 Å². The van der Waals surface area contributed by atoms with E-state index in [0.717, 1.165) is 18.4 Å². The van der Waals surface area contributed by atoms with Crippen molar-refractivity contribution in [2.75, 3.05) is 20.8 Å². The lowest BCUT2D eigenvalue weighted by Gasteiger charge is -2.41. The molecule has 2 saturated heterocycles. The van der Waals surface area contributed by atoms with E-state index in [1.54, 1.807) is 37.0 Å². The van der Waals surface area contributed by atoms with Crippen LogP contribution in [0.1, 0.15) is 25.3 Å². The number of hydrogen-bond donors (Lipinski definition) is 0. The number of ether oxygens (including phenoxy) is 2. The highest BCUT2D eigenvalue weighted by Crippen LogP contribution is 2.29. The number of piperazine rings is 1. The Morgan fingerprint density at radius 2 is 1.74 bits per heavy atom. The molecule has 2 heterocycles. The second-order valence-electron chi connectivity index (χ2n) is 6.05. The molecule has 0 N–H and O–H groups in total. The third kappa shape index (κ3) is 2.73. The molecule has 124 valence electrons. The molecule has 2 atom stereocenters. The van der Waals surface area contributed by atoms with Crippen LogP contribution in [0.2, 0.25) is 0 Å². The van der Waals surface area contributed by atoms with Gasteiger partial charge in [0.1, 0.15) is 23.6 Å². The van der Waals surface area contributed by atoms with Gasteiger partial charge >= 0.3 is 0 Å². The zero-order valence-corrected chi connectivity index (χ0v) is 13.7. The first-order valence-corrected chi connectivity index (χ1v) is 7.88. The summed E-state index contributed by atoms with van der Waals surface area (Å²) in [4.78, 5) is 28.6. The molecule has 6 heteroatoms. The van der Waals surface area contributed by atoms with Gasteiger partial charge in [-0.15, -0.1) is 0 Å². The van der Waals surface area contributed by atoms with Gasteiger partial charge in [0.25, 0.3) is 0 Å². The SMILES string of the molecule is COc1cc(CN2C(=O)[C@@H]3CCCN3C(=O)[C@@H]2C)cc(OC)c1. The molecule has 0 radical (unpaired) electrons. The van der Waals surface area contributed by atoms with Crippen LogP contribution < -0.4 is 9.47 Å². The second kappa shape index (κ2) is 6.10. The highest BCUT2D eigenvalue weighted by Gasteiger charge is 2.45. The molecule has 1 aromatic carbocycles. The van der Waals surface area contributed by atoms with Gasteiger partial charge < -0.3 is 19.3 Å². The first-order chi connectivity index (χ1) is 11.0. The Balaban J connectivity index is 1.86. The predicted molar refractivity (Wildman–Crippen MR) is 84.3 cm³/mol. The standard InChI is InChI=1S/C17H22N2O4/c1-11-16(20)18-6-4-5-15(18)17(21)19(11)10-12-7-13(22-2)9-14(8-12)23-3/h7-9,11,15H,4-6,10H2,1-3H3/t11-,15-/m0/s1. The number of hydrogen-bond acceptors (Lipinski definition) is 4. The minimum Gasteiger partial charge on any atom is -0.497 e. The van der Waals surface area contributed by atoms with E-state index in [2.05, 4.69) is 0 Å². The molecule has 2 fully saturated rings. The molecule has 1 aromatic rings. The first kappa shape index (κ1) is 15.6. The molecule has 2 aliphatic rings. The largest absolute Gasteiger partial charge is 0.497 e. The molecule has 0 unspecified atom stereocenters. The molecule has 0 spiro atoms. The Morgan fingerprint density at radius 3 is 2.35 bits per heavy atom. The van der Waals surface area contributed by atoms with E-state index in [9.17, 15) is 9.59 Å². The van der Waals surface area contributed by atoms with Gasteiger partial charge in [0.05, 0.1) is 14.2 Å². The fourth-order valence-corrected chi connectivity index (χ4v) is 3.41. The number of carbonyl (C=O) groups excluding carboxylic acids is 2. The Labute approximate surface area is 136 Å².